The number of rotatable bonds is 5. The number of carbonyl (C=O) groups excluding carboxylic acids is 1. The predicted molar refractivity (Wildman–Crippen MR) is 85.8 cm³/mol. The lowest BCUT2D eigenvalue weighted by Gasteiger charge is -2.28. The predicted octanol–water partition coefficient (Wildman–Crippen LogP) is 3.13. The van der Waals surface area contributed by atoms with Gasteiger partial charge in [-0.1, -0.05) is 18.5 Å². The molecule has 24 heavy (non-hydrogen) atoms. The third-order valence-corrected chi connectivity index (χ3v) is 4.37. The molecule has 3 heterocycles. The Balaban J connectivity index is 1.81. The second-order valence-electron chi connectivity index (χ2n) is 5.71. The summed E-state index contributed by atoms with van der Waals surface area (Å²) in [5, 5.41) is -0.427. The molecular weight excluding hydrogens is 340 g/mol. The number of amides is 1. The Hall–Kier alpha value is -1.73. The van der Waals surface area contributed by atoms with Gasteiger partial charge in [0.05, 0.1) is 41.9 Å². The van der Waals surface area contributed by atoms with Gasteiger partial charge in [-0.25, -0.2) is 13.8 Å². The normalized spacial score (nSPS) is 14.2. The van der Waals surface area contributed by atoms with E-state index in [9.17, 15) is 13.6 Å². The van der Waals surface area contributed by atoms with Crippen molar-refractivity contribution in [2.45, 2.75) is 32.9 Å². The fourth-order valence-corrected chi connectivity index (χ4v) is 3.04. The van der Waals surface area contributed by atoms with Gasteiger partial charge in [-0.2, -0.15) is 0 Å². The molecule has 0 N–H and O–H groups in total. The van der Waals surface area contributed by atoms with Crippen LogP contribution in [0.2, 0.25) is 5.02 Å². The van der Waals surface area contributed by atoms with E-state index in [1.807, 2.05) is 6.92 Å². The van der Waals surface area contributed by atoms with Crippen molar-refractivity contribution in [1.29, 1.82) is 0 Å². The minimum Gasteiger partial charge on any atom is -0.381 e. The van der Waals surface area contributed by atoms with Crippen LogP contribution >= 0.6 is 11.6 Å². The van der Waals surface area contributed by atoms with Crippen LogP contribution in [0.25, 0.3) is 11.0 Å². The fraction of sp³-hybridized carbons (Fsp3) is 0.500. The molecule has 8 heteroatoms. The molecule has 2 aromatic heterocycles. The minimum absolute atomic E-state index is 0.0892. The summed E-state index contributed by atoms with van der Waals surface area (Å²) in [6, 6.07) is 0. The first-order valence-corrected chi connectivity index (χ1v) is 8.28. The van der Waals surface area contributed by atoms with Gasteiger partial charge in [-0.15, -0.1) is 0 Å². The molecule has 1 amide bonds. The molecule has 0 aliphatic carbocycles. The SMILES string of the molecule is CCCOCCC(=O)N1CCn2c(c(F)c3c(F)c(Cl)cnc32)C1. The first-order valence-electron chi connectivity index (χ1n) is 7.90. The second kappa shape index (κ2) is 7.03. The maximum absolute atomic E-state index is 14.6. The summed E-state index contributed by atoms with van der Waals surface area (Å²) in [5.74, 6) is -1.61. The van der Waals surface area contributed by atoms with Crippen molar-refractivity contribution in [2.75, 3.05) is 19.8 Å². The molecule has 2 aromatic rings. The molecule has 3 rings (SSSR count). The Kier molecular flexibility index (Phi) is 5.01. The Morgan fingerprint density at radius 1 is 1.33 bits per heavy atom. The monoisotopic (exact) mass is 357 g/mol. The number of nitrogens with zero attached hydrogens (tertiary/aromatic N) is 3. The number of hydrogen-bond acceptors (Lipinski definition) is 3. The van der Waals surface area contributed by atoms with Crippen molar-refractivity contribution in [3.8, 4) is 0 Å². The number of halogens is 3. The van der Waals surface area contributed by atoms with Crippen LogP contribution in [0.15, 0.2) is 6.20 Å². The van der Waals surface area contributed by atoms with Gasteiger partial charge >= 0.3 is 0 Å². The topological polar surface area (TPSA) is 47.4 Å². The molecule has 130 valence electrons. The summed E-state index contributed by atoms with van der Waals surface area (Å²) in [7, 11) is 0. The van der Waals surface area contributed by atoms with E-state index in [2.05, 4.69) is 4.98 Å². The lowest BCUT2D eigenvalue weighted by molar-refractivity contribution is -0.133. The van der Waals surface area contributed by atoms with E-state index in [1.54, 1.807) is 9.47 Å². The molecule has 1 aliphatic rings. The average molecular weight is 358 g/mol. The van der Waals surface area contributed by atoms with Crippen LogP contribution in [0.4, 0.5) is 8.78 Å². The van der Waals surface area contributed by atoms with Gasteiger partial charge in [-0.3, -0.25) is 4.79 Å². The number of carbonyl (C=O) groups is 1. The molecule has 1 aliphatic heterocycles. The quantitative estimate of drug-likeness (QED) is 0.772. The molecule has 0 spiro atoms. The second-order valence-corrected chi connectivity index (χ2v) is 6.12. The largest absolute Gasteiger partial charge is 0.381 e. The Labute approximate surface area is 143 Å². The zero-order valence-corrected chi connectivity index (χ0v) is 14.1. The van der Waals surface area contributed by atoms with Crippen LogP contribution in [-0.2, 0) is 22.6 Å². The van der Waals surface area contributed by atoms with Crippen molar-refractivity contribution in [2.24, 2.45) is 0 Å². The molecule has 0 radical (unpaired) electrons. The molecule has 0 atom stereocenters. The lowest BCUT2D eigenvalue weighted by atomic mass is 10.2. The number of hydrogen-bond donors (Lipinski definition) is 0. The molecule has 5 nitrogen and oxygen atoms in total. The van der Waals surface area contributed by atoms with Crippen LogP contribution < -0.4 is 0 Å². The highest BCUT2D eigenvalue weighted by atomic mass is 35.5. The molecule has 0 aromatic carbocycles. The number of fused-ring (bicyclic) bond motifs is 3. The lowest BCUT2D eigenvalue weighted by Crippen LogP contribution is -2.38. The Bertz CT molecular complexity index is 779. The van der Waals surface area contributed by atoms with Crippen molar-refractivity contribution in [1.82, 2.24) is 14.5 Å². The maximum atomic E-state index is 14.6. The zero-order chi connectivity index (χ0) is 17.3. The highest BCUT2D eigenvalue weighted by molar-refractivity contribution is 6.31. The van der Waals surface area contributed by atoms with Gasteiger partial charge in [0.25, 0.3) is 0 Å². The van der Waals surface area contributed by atoms with Crippen molar-refractivity contribution in [3.05, 3.63) is 28.5 Å². The molecule has 0 bridgehead atoms. The van der Waals surface area contributed by atoms with Crippen molar-refractivity contribution in [3.63, 3.8) is 0 Å². The number of pyridine rings is 1. The molecular formula is C16H18ClF2N3O2. The van der Waals surface area contributed by atoms with Gasteiger partial charge in [0.2, 0.25) is 5.91 Å². The van der Waals surface area contributed by atoms with Gasteiger partial charge in [0.1, 0.15) is 5.65 Å². The highest BCUT2D eigenvalue weighted by Gasteiger charge is 2.29. The summed E-state index contributed by atoms with van der Waals surface area (Å²) >= 11 is 5.69. The van der Waals surface area contributed by atoms with Crippen LogP contribution in [-0.4, -0.2) is 40.1 Å². The standard InChI is InChI=1S/C16H18ClF2N3O2/c1-2-6-24-7-3-12(23)21-4-5-22-11(9-21)15(19)13-14(18)10(17)8-20-16(13)22/h8H,2-7,9H2,1H3. The van der Waals surface area contributed by atoms with E-state index in [1.165, 1.54) is 6.20 Å². The zero-order valence-electron chi connectivity index (χ0n) is 13.3. The van der Waals surface area contributed by atoms with Crippen molar-refractivity contribution < 1.29 is 18.3 Å². The van der Waals surface area contributed by atoms with Crippen LogP contribution in [0.3, 0.4) is 0 Å². The Morgan fingerprint density at radius 2 is 2.12 bits per heavy atom. The maximum Gasteiger partial charge on any atom is 0.225 e. The summed E-state index contributed by atoms with van der Waals surface area (Å²) in [6.45, 7) is 3.84. The summed E-state index contributed by atoms with van der Waals surface area (Å²) in [4.78, 5) is 17.8. The van der Waals surface area contributed by atoms with E-state index in [0.717, 1.165) is 6.42 Å². The number of aromatic nitrogens is 2. The minimum atomic E-state index is -0.813. The average Bonchev–Trinajstić information content (AvgIpc) is 2.87. The third-order valence-electron chi connectivity index (χ3n) is 4.10. The van der Waals surface area contributed by atoms with E-state index < -0.39 is 11.6 Å². The van der Waals surface area contributed by atoms with Gasteiger partial charge in [-0.05, 0) is 6.42 Å². The van der Waals surface area contributed by atoms with E-state index in [-0.39, 0.29) is 40.6 Å². The number of ether oxygens (including phenoxy) is 1. The first-order chi connectivity index (χ1) is 11.5. The first kappa shape index (κ1) is 17.1. The van der Waals surface area contributed by atoms with Crippen LogP contribution in [0.5, 0.6) is 0 Å². The molecule has 0 unspecified atom stereocenters. The van der Waals surface area contributed by atoms with Crippen molar-refractivity contribution >= 4 is 28.5 Å². The Morgan fingerprint density at radius 3 is 2.88 bits per heavy atom. The van der Waals surface area contributed by atoms with Crippen LogP contribution in [0, 0.1) is 11.6 Å². The molecule has 0 saturated carbocycles. The smallest absolute Gasteiger partial charge is 0.225 e. The highest BCUT2D eigenvalue weighted by Crippen LogP contribution is 2.31. The van der Waals surface area contributed by atoms with Gasteiger partial charge in [0, 0.05) is 19.7 Å². The molecule has 0 saturated heterocycles. The van der Waals surface area contributed by atoms with Crippen LogP contribution in [0.1, 0.15) is 25.5 Å². The van der Waals surface area contributed by atoms with E-state index in [0.29, 0.717) is 26.3 Å². The van der Waals surface area contributed by atoms with E-state index in [4.69, 9.17) is 16.3 Å². The third kappa shape index (κ3) is 2.98. The molecule has 0 fully saturated rings. The van der Waals surface area contributed by atoms with Gasteiger partial charge < -0.3 is 14.2 Å². The van der Waals surface area contributed by atoms with E-state index >= 15 is 0 Å². The summed E-state index contributed by atoms with van der Waals surface area (Å²) < 4.78 is 35.7. The van der Waals surface area contributed by atoms with Gasteiger partial charge in [0.15, 0.2) is 11.6 Å². The summed E-state index contributed by atoms with van der Waals surface area (Å²) in [6.07, 6.45) is 2.32. The fourth-order valence-electron chi connectivity index (χ4n) is 2.90. The summed E-state index contributed by atoms with van der Waals surface area (Å²) in [5.41, 5.74) is 0.482.